The summed E-state index contributed by atoms with van der Waals surface area (Å²) in [6, 6.07) is 13.1. The summed E-state index contributed by atoms with van der Waals surface area (Å²) in [5.41, 5.74) is 3.90. The molecule has 1 aliphatic heterocycles. The van der Waals surface area contributed by atoms with Gasteiger partial charge in [0.2, 0.25) is 5.76 Å². The minimum Gasteiger partial charge on any atom is -0.450 e. The van der Waals surface area contributed by atoms with Gasteiger partial charge in [-0.3, -0.25) is 9.59 Å². The molecular weight excluding hydrogens is 314 g/mol. The van der Waals surface area contributed by atoms with Crippen molar-refractivity contribution in [2.24, 2.45) is 0 Å². The van der Waals surface area contributed by atoms with Crippen molar-refractivity contribution < 1.29 is 9.21 Å². The minimum absolute atomic E-state index is 0.123. The number of benzene rings is 2. The Morgan fingerprint density at radius 1 is 1.08 bits per heavy atom. The summed E-state index contributed by atoms with van der Waals surface area (Å²) in [5.74, 6) is -0.0902. The summed E-state index contributed by atoms with van der Waals surface area (Å²) < 4.78 is 5.83. The fraction of sp³-hybridized carbons (Fsp3) is 0.238. The van der Waals surface area contributed by atoms with E-state index in [2.05, 4.69) is 6.92 Å². The zero-order chi connectivity index (χ0) is 17.7. The van der Waals surface area contributed by atoms with Crippen molar-refractivity contribution in [2.45, 2.75) is 26.3 Å². The van der Waals surface area contributed by atoms with Crippen LogP contribution >= 0.6 is 0 Å². The van der Waals surface area contributed by atoms with E-state index in [4.69, 9.17) is 4.42 Å². The molecule has 0 N–H and O–H groups in total. The van der Waals surface area contributed by atoms with Crippen molar-refractivity contribution in [1.82, 2.24) is 4.90 Å². The van der Waals surface area contributed by atoms with E-state index in [0.29, 0.717) is 16.5 Å². The third-order valence-corrected chi connectivity index (χ3v) is 4.96. The van der Waals surface area contributed by atoms with Crippen molar-refractivity contribution in [3.8, 4) is 0 Å². The van der Waals surface area contributed by atoms with Crippen LogP contribution in [0.15, 0.2) is 51.7 Å². The predicted molar refractivity (Wildman–Crippen MR) is 97.0 cm³/mol. The molecule has 1 amide bonds. The lowest BCUT2D eigenvalue weighted by Crippen LogP contribution is -2.25. The van der Waals surface area contributed by atoms with Crippen LogP contribution in [-0.2, 0) is 6.42 Å². The number of hydrogen-bond acceptors (Lipinski definition) is 3. The van der Waals surface area contributed by atoms with Crippen LogP contribution < -0.4 is 5.43 Å². The second-order valence-corrected chi connectivity index (χ2v) is 6.59. The lowest BCUT2D eigenvalue weighted by Gasteiger charge is -2.20. The average Bonchev–Trinajstić information content (AvgIpc) is 2.88. The SMILES string of the molecule is CCc1ccc(C2c3c(oc4ccc(C)cc4c3=O)C(=O)N2C)cc1. The Morgan fingerprint density at radius 2 is 1.80 bits per heavy atom. The first kappa shape index (κ1) is 15.6. The Hall–Kier alpha value is -2.88. The summed E-state index contributed by atoms with van der Waals surface area (Å²) in [4.78, 5) is 27.4. The molecule has 1 aromatic heterocycles. The highest BCUT2D eigenvalue weighted by molar-refractivity contribution is 5.98. The van der Waals surface area contributed by atoms with Crippen LogP contribution in [0.1, 0.15) is 45.8 Å². The van der Waals surface area contributed by atoms with Gasteiger partial charge < -0.3 is 9.32 Å². The van der Waals surface area contributed by atoms with Crippen molar-refractivity contribution in [3.63, 3.8) is 0 Å². The Morgan fingerprint density at radius 3 is 2.48 bits per heavy atom. The molecule has 0 bridgehead atoms. The number of fused-ring (bicyclic) bond motifs is 2. The van der Waals surface area contributed by atoms with E-state index in [-0.39, 0.29) is 17.1 Å². The number of nitrogens with zero attached hydrogens (tertiary/aromatic N) is 1. The molecule has 1 unspecified atom stereocenters. The van der Waals surface area contributed by atoms with Gasteiger partial charge in [-0.05, 0) is 36.6 Å². The molecule has 2 heterocycles. The van der Waals surface area contributed by atoms with Crippen molar-refractivity contribution in [2.75, 3.05) is 7.05 Å². The topological polar surface area (TPSA) is 50.5 Å². The number of hydrogen-bond donors (Lipinski definition) is 0. The Labute approximate surface area is 145 Å². The fourth-order valence-corrected chi connectivity index (χ4v) is 3.53. The zero-order valence-electron chi connectivity index (χ0n) is 14.5. The smallest absolute Gasteiger partial charge is 0.290 e. The average molecular weight is 333 g/mol. The molecule has 4 heteroatoms. The first-order valence-electron chi connectivity index (χ1n) is 8.44. The van der Waals surface area contributed by atoms with Gasteiger partial charge in [0.05, 0.1) is 17.0 Å². The van der Waals surface area contributed by atoms with Crippen LogP contribution in [-0.4, -0.2) is 17.9 Å². The molecule has 2 aromatic carbocycles. The zero-order valence-corrected chi connectivity index (χ0v) is 14.5. The van der Waals surface area contributed by atoms with Gasteiger partial charge in [0, 0.05) is 7.05 Å². The highest BCUT2D eigenvalue weighted by atomic mass is 16.3. The third kappa shape index (κ3) is 2.29. The molecule has 0 fully saturated rings. The van der Waals surface area contributed by atoms with Crippen LogP contribution in [0.2, 0.25) is 0 Å². The molecule has 1 aliphatic rings. The Balaban J connectivity index is 1.98. The largest absolute Gasteiger partial charge is 0.450 e. The molecule has 0 saturated carbocycles. The highest BCUT2D eigenvalue weighted by Gasteiger charge is 2.40. The summed E-state index contributed by atoms with van der Waals surface area (Å²) in [7, 11) is 1.71. The third-order valence-electron chi connectivity index (χ3n) is 4.96. The molecule has 4 rings (SSSR count). The van der Waals surface area contributed by atoms with E-state index in [1.165, 1.54) is 5.56 Å². The lowest BCUT2D eigenvalue weighted by atomic mass is 9.97. The van der Waals surface area contributed by atoms with E-state index in [9.17, 15) is 9.59 Å². The van der Waals surface area contributed by atoms with Crippen molar-refractivity contribution in [1.29, 1.82) is 0 Å². The summed E-state index contributed by atoms with van der Waals surface area (Å²) in [6.07, 6.45) is 0.947. The predicted octanol–water partition coefficient (Wildman–Crippen LogP) is 3.84. The molecule has 126 valence electrons. The van der Waals surface area contributed by atoms with Gasteiger partial charge in [0.25, 0.3) is 5.91 Å². The van der Waals surface area contributed by atoms with E-state index in [1.807, 2.05) is 43.3 Å². The number of carbonyl (C=O) groups excluding carboxylic acids is 1. The fourth-order valence-electron chi connectivity index (χ4n) is 3.53. The maximum Gasteiger partial charge on any atom is 0.290 e. The van der Waals surface area contributed by atoms with Crippen molar-refractivity contribution in [3.05, 3.63) is 80.7 Å². The normalized spacial score (nSPS) is 16.5. The standard InChI is InChI=1S/C21H19NO3/c1-4-13-6-8-14(9-7-13)18-17-19(23)15-11-12(2)5-10-16(15)25-20(17)21(24)22(18)3/h5-11,18H,4H2,1-3H3. The second-order valence-electron chi connectivity index (χ2n) is 6.59. The maximum atomic E-state index is 13.1. The molecule has 4 nitrogen and oxygen atoms in total. The van der Waals surface area contributed by atoms with Crippen molar-refractivity contribution >= 4 is 16.9 Å². The van der Waals surface area contributed by atoms with Gasteiger partial charge in [0.1, 0.15) is 5.58 Å². The van der Waals surface area contributed by atoms with Crippen LogP contribution in [0.3, 0.4) is 0 Å². The molecule has 0 saturated heterocycles. The monoisotopic (exact) mass is 333 g/mol. The lowest BCUT2D eigenvalue weighted by molar-refractivity contribution is 0.0771. The molecular formula is C21H19NO3. The number of rotatable bonds is 2. The van der Waals surface area contributed by atoms with Crippen LogP contribution in [0.4, 0.5) is 0 Å². The maximum absolute atomic E-state index is 13.1. The van der Waals surface area contributed by atoms with Crippen LogP contribution in [0, 0.1) is 6.92 Å². The summed E-state index contributed by atoms with van der Waals surface area (Å²) >= 11 is 0. The Kier molecular flexibility index (Phi) is 3.49. The summed E-state index contributed by atoms with van der Waals surface area (Å²) in [5, 5.41) is 0.525. The van der Waals surface area contributed by atoms with Crippen LogP contribution in [0.5, 0.6) is 0 Å². The van der Waals surface area contributed by atoms with Gasteiger partial charge >= 0.3 is 0 Å². The molecule has 3 aromatic rings. The van der Waals surface area contributed by atoms with Gasteiger partial charge in [0.15, 0.2) is 5.43 Å². The van der Waals surface area contributed by atoms with E-state index < -0.39 is 6.04 Å². The molecule has 25 heavy (non-hydrogen) atoms. The van der Waals surface area contributed by atoms with Gasteiger partial charge in [-0.25, -0.2) is 0 Å². The number of carbonyl (C=O) groups is 1. The molecule has 0 aliphatic carbocycles. The Bertz CT molecular complexity index is 1050. The highest BCUT2D eigenvalue weighted by Crippen LogP contribution is 2.37. The summed E-state index contributed by atoms with van der Waals surface area (Å²) in [6.45, 7) is 4.03. The first-order chi connectivity index (χ1) is 12.0. The number of amides is 1. The van der Waals surface area contributed by atoms with Gasteiger partial charge in [-0.1, -0.05) is 42.8 Å². The van der Waals surface area contributed by atoms with Crippen LogP contribution in [0.25, 0.3) is 11.0 Å². The quantitative estimate of drug-likeness (QED) is 0.716. The molecule has 1 atom stereocenters. The van der Waals surface area contributed by atoms with Gasteiger partial charge in [-0.2, -0.15) is 0 Å². The van der Waals surface area contributed by atoms with Gasteiger partial charge in [-0.15, -0.1) is 0 Å². The number of aryl methyl sites for hydroxylation is 2. The first-order valence-corrected chi connectivity index (χ1v) is 8.44. The van der Waals surface area contributed by atoms with E-state index >= 15 is 0 Å². The van der Waals surface area contributed by atoms with E-state index in [0.717, 1.165) is 17.5 Å². The van der Waals surface area contributed by atoms with E-state index in [1.54, 1.807) is 18.0 Å². The minimum atomic E-state index is -0.408. The second kappa shape index (κ2) is 5.59. The molecule has 0 spiro atoms. The molecule has 0 radical (unpaired) electrons.